The van der Waals surface area contributed by atoms with E-state index in [9.17, 15) is 0 Å². The van der Waals surface area contributed by atoms with E-state index in [1.54, 1.807) is 13.3 Å². The maximum absolute atomic E-state index is 5.12. The normalized spacial score (nSPS) is 9.59. The monoisotopic (exact) mass is 407 g/mol. The number of ether oxygens (including phenoxy) is 1. The Morgan fingerprint density at radius 1 is 1.06 bits per heavy atom. The minimum Gasteiger partial charge on any atom is -0.497 e. The van der Waals surface area contributed by atoms with Gasteiger partial charge < -0.3 is 4.74 Å². The van der Waals surface area contributed by atoms with Crippen molar-refractivity contribution in [3.8, 4) is 17.0 Å². The molecule has 1 radical (unpaired) electrons. The fourth-order valence-corrected chi connectivity index (χ4v) is 1.63. The zero-order chi connectivity index (χ0) is 11.5. The Labute approximate surface area is 115 Å². The molecule has 4 heteroatoms. The van der Waals surface area contributed by atoms with E-state index in [2.05, 4.69) is 9.97 Å². The molecule has 1 aromatic carbocycles. The standard InChI is InChI=1S/C13H14N2O.Ir/c1-9-8-14-13(10(2)15-9)11-4-6-12(16-3)7-5-11;/h4-8H,1-3H3;. The first-order valence-corrected chi connectivity index (χ1v) is 5.15. The summed E-state index contributed by atoms with van der Waals surface area (Å²) in [7, 11) is 1.66. The molecule has 0 atom stereocenters. The van der Waals surface area contributed by atoms with Crippen LogP contribution < -0.4 is 4.74 Å². The molecule has 2 aromatic rings. The van der Waals surface area contributed by atoms with Gasteiger partial charge in [-0.2, -0.15) is 0 Å². The van der Waals surface area contributed by atoms with Crippen LogP contribution in [0.4, 0.5) is 0 Å². The molecule has 0 aliphatic heterocycles. The van der Waals surface area contributed by atoms with Gasteiger partial charge in [0, 0.05) is 31.9 Å². The van der Waals surface area contributed by atoms with Gasteiger partial charge in [-0.15, -0.1) is 0 Å². The second kappa shape index (κ2) is 5.89. The van der Waals surface area contributed by atoms with Gasteiger partial charge in [0.1, 0.15) is 5.75 Å². The number of aromatic nitrogens is 2. The fraction of sp³-hybridized carbons (Fsp3) is 0.231. The maximum atomic E-state index is 5.12. The average molecular weight is 406 g/mol. The van der Waals surface area contributed by atoms with Crippen LogP contribution in [0.3, 0.4) is 0 Å². The number of methoxy groups -OCH3 is 1. The number of hydrogen-bond acceptors (Lipinski definition) is 3. The Balaban J connectivity index is 0.00000144. The van der Waals surface area contributed by atoms with Crippen LogP contribution in [0.25, 0.3) is 11.3 Å². The first kappa shape index (κ1) is 13.8. The molecular weight excluding hydrogens is 392 g/mol. The molecule has 1 heterocycles. The minimum absolute atomic E-state index is 0. The number of hydrogen-bond donors (Lipinski definition) is 0. The summed E-state index contributed by atoms with van der Waals surface area (Å²) < 4.78 is 5.12. The molecular formula is C13H14IrN2O. The van der Waals surface area contributed by atoms with Crippen LogP contribution in [0.2, 0.25) is 0 Å². The Kier molecular flexibility index (Phi) is 4.79. The predicted octanol–water partition coefficient (Wildman–Crippen LogP) is 2.77. The van der Waals surface area contributed by atoms with Gasteiger partial charge >= 0.3 is 0 Å². The van der Waals surface area contributed by atoms with Gasteiger partial charge in [-0.05, 0) is 38.1 Å². The van der Waals surface area contributed by atoms with E-state index in [-0.39, 0.29) is 20.1 Å². The van der Waals surface area contributed by atoms with Gasteiger partial charge in [-0.1, -0.05) is 0 Å². The van der Waals surface area contributed by atoms with Crippen molar-refractivity contribution in [1.82, 2.24) is 9.97 Å². The van der Waals surface area contributed by atoms with E-state index >= 15 is 0 Å². The van der Waals surface area contributed by atoms with Gasteiger partial charge in [0.05, 0.1) is 24.2 Å². The summed E-state index contributed by atoms with van der Waals surface area (Å²) >= 11 is 0. The van der Waals surface area contributed by atoms with Gasteiger partial charge in [0.25, 0.3) is 0 Å². The predicted molar refractivity (Wildman–Crippen MR) is 63.5 cm³/mol. The number of aryl methyl sites for hydroxylation is 2. The molecule has 1 aromatic heterocycles. The molecule has 0 fully saturated rings. The molecule has 0 aliphatic carbocycles. The van der Waals surface area contributed by atoms with Crippen molar-refractivity contribution in [2.75, 3.05) is 7.11 Å². The number of rotatable bonds is 2. The second-order valence-electron chi connectivity index (χ2n) is 3.67. The van der Waals surface area contributed by atoms with Crippen molar-refractivity contribution < 1.29 is 24.8 Å². The third-order valence-corrected chi connectivity index (χ3v) is 2.43. The molecule has 0 unspecified atom stereocenters. The Morgan fingerprint density at radius 3 is 2.24 bits per heavy atom. The van der Waals surface area contributed by atoms with Crippen LogP contribution in [0, 0.1) is 13.8 Å². The maximum Gasteiger partial charge on any atom is 0.118 e. The molecule has 0 N–H and O–H groups in total. The van der Waals surface area contributed by atoms with Crippen LogP contribution in [-0.2, 0) is 20.1 Å². The third-order valence-electron chi connectivity index (χ3n) is 2.43. The molecule has 3 nitrogen and oxygen atoms in total. The molecule has 0 aliphatic rings. The number of nitrogens with zero attached hydrogens (tertiary/aromatic N) is 2. The van der Waals surface area contributed by atoms with Crippen molar-refractivity contribution >= 4 is 0 Å². The molecule has 0 saturated carbocycles. The average Bonchev–Trinajstić information content (AvgIpc) is 2.29. The van der Waals surface area contributed by atoms with E-state index in [1.165, 1.54) is 0 Å². The fourth-order valence-electron chi connectivity index (χ4n) is 1.63. The van der Waals surface area contributed by atoms with E-state index < -0.39 is 0 Å². The van der Waals surface area contributed by atoms with Gasteiger partial charge in [0.15, 0.2) is 0 Å². The second-order valence-corrected chi connectivity index (χ2v) is 3.67. The summed E-state index contributed by atoms with van der Waals surface area (Å²) in [6, 6.07) is 7.84. The molecule has 2 rings (SSSR count). The molecule has 0 amide bonds. The van der Waals surface area contributed by atoms with Crippen molar-refractivity contribution in [2.45, 2.75) is 13.8 Å². The van der Waals surface area contributed by atoms with Crippen molar-refractivity contribution in [3.63, 3.8) is 0 Å². The molecule has 0 saturated heterocycles. The Bertz CT molecular complexity index is 497. The Morgan fingerprint density at radius 2 is 1.71 bits per heavy atom. The molecule has 0 bridgehead atoms. The van der Waals surface area contributed by atoms with Crippen LogP contribution >= 0.6 is 0 Å². The van der Waals surface area contributed by atoms with Gasteiger partial charge in [-0.25, -0.2) is 0 Å². The molecule has 91 valence electrons. The summed E-state index contributed by atoms with van der Waals surface area (Å²) in [6.45, 7) is 3.91. The third kappa shape index (κ3) is 3.11. The van der Waals surface area contributed by atoms with Crippen molar-refractivity contribution in [1.29, 1.82) is 0 Å². The summed E-state index contributed by atoms with van der Waals surface area (Å²) in [6.07, 6.45) is 1.78. The van der Waals surface area contributed by atoms with Crippen LogP contribution in [-0.4, -0.2) is 17.1 Å². The van der Waals surface area contributed by atoms with Crippen molar-refractivity contribution in [2.24, 2.45) is 0 Å². The largest absolute Gasteiger partial charge is 0.497 e. The van der Waals surface area contributed by atoms with Gasteiger partial charge in [-0.3, -0.25) is 9.97 Å². The minimum atomic E-state index is 0. The zero-order valence-electron chi connectivity index (χ0n) is 10.0. The van der Waals surface area contributed by atoms with Crippen LogP contribution in [0.5, 0.6) is 5.75 Å². The molecule has 17 heavy (non-hydrogen) atoms. The Hall–Kier alpha value is -1.25. The van der Waals surface area contributed by atoms with Gasteiger partial charge in [0.2, 0.25) is 0 Å². The summed E-state index contributed by atoms with van der Waals surface area (Å²) in [5, 5.41) is 0. The first-order chi connectivity index (χ1) is 7.70. The zero-order valence-corrected chi connectivity index (χ0v) is 12.4. The first-order valence-electron chi connectivity index (χ1n) is 5.15. The SMILES string of the molecule is COc1ccc(-c2ncc(C)nc2C)cc1.[Ir]. The van der Waals surface area contributed by atoms with E-state index in [0.29, 0.717) is 0 Å². The molecule has 0 spiro atoms. The van der Waals surface area contributed by atoms with E-state index in [1.807, 2.05) is 38.1 Å². The van der Waals surface area contributed by atoms with Crippen LogP contribution in [0.1, 0.15) is 11.4 Å². The smallest absolute Gasteiger partial charge is 0.118 e. The van der Waals surface area contributed by atoms with E-state index in [0.717, 1.165) is 28.4 Å². The number of benzene rings is 1. The quantitative estimate of drug-likeness (QED) is 0.769. The van der Waals surface area contributed by atoms with E-state index in [4.69, 9.17) is 4.74 Å². The summed E-state index contributed by atoms with van der Waals surface area (Å²) in [5.74, 6) is 0.849. The van der Waals surface area contributed by atoms with Crippen LogP contribution in [0.15, 0.2) is 30.5 Å². The van der Waals surface area contributed by atoms with Crippen molar-refractivity contribution in [3.05, 3.63) is 41.9 Å². The summed E-state index contributed by atoms with van der Waals surface area (Å²) in [5.41, 5.74) is 3.87. The summed E-state index contributed by atoms with van der Waals surface area (Å²) in [4.78, 5) is 8.80. The topological polar surface area (TPSA) is 35.0 Å².